The predicted molar refractivity (Wildman–Crippen MR) is 139 cm³/mol. The van der Waals surface area contributed by atoms with Gasteiger partial charge in [0.2, 0.25) is 5.91 Å². The van der Waals surface area contributed by atoms with Crippen LogP contribution in [0.4, 0.5) is 23.7 Å². The minimum Gasteiger partial charge on any atom is -0.483 e. The first-order valence-electron chi connectivity index (χ1n) is 12.4. The summed E-state index contributed by atoms with van der Waals surface area (Å²) in [5.74, 6) is -2.48. The summed E-state index contributed by atoms with van der Waals surface area (Å²) in [4.78, 5) is 32.6. The Kier molecular flexibility index (Phi) is 7.43. The van der Waals surface area contributed by atoms with E-state index in [4.69, 9.17) is 4.74 Å². The highest BCUT2D eigenvalue weighted by Crippen LogP contribution is 2.33. The SMILES string of the molecule is CN(C)CC(=O)Nc1cnn(C)c1-c1cc(OC2CN(C(=O)N3N=CCC3c3cc(F)cc(F)c3)C2)c(F)cn1. The Morgan fingerprint density at radius 1 is 1.10 bits per heavy atom. The molecule has 1 saturated heterocycles. The van der Waals surface area contributed by atoms with Crippen LogP contribution in [-0.2, 0) is 11.8 Å². The number of hydrogen-bond acceptors (Lipinski definition) is 7. The fourth-order valence-corrected chi connectivity index (χ4v) is 4.59. The maximum absolute atomic E-state index is 14.6. The molecule has 0 spiro atoms. The fourth-order valence-electron chi connectivity index (χ4n) is 4.59. The number of rotatable bonds is 7. The van der Waals surface area contributed by atoms with Gasteiger partial charge in [0.15, 0.2) is 11.6 Å². The van der Waals surface area contributed by atoms with Gasteiger partial charge in [-0.3, -0.25) is 14.5 Å². The molecule has 1 fully saturated rings. The number of pyridine rings is 1. The third-order valence-corrected chi connectivity index (χ3v) is 6.44. The van der Waals surface area contributed by atoms with Gasteiger partial charge in [-0.1, -0.05) is 0 Å². The van der Waals surface area contributed by atoms with Crippen molar-refractivity contribution in [2.75, 3.05) is 39.0 Å². The molecule has 210 valence electrons. The number of nitrogens with zero attached hydrogens (tertiary/aromatic N) is 7. The molecule has 1 atom stereocenters. The Hall–Kier alpha value is -4.46. The molecule has 0 saturated carbocycles. The smallest absolute Gasteiger partial charge is 0.341 e. The van der Waals surface area contributed by atoms with E-state index in [1.54, 1.807) is 26.0 Å². The number of urea groups is 1. The number of hydrazone groups is 1. The fraction of sp³-hybridized carbons (Fsp3) is 0.346. The number of likely N-dealkylation sites (N-methyl/N-ethyl adjacent to an activating group) is 1. The van der Waals surface area contributed by atoms with E-state index in [1.165, 1.54) is 45.2 Å². The number of anilines is 1. The normalized spacial score (nSPS) is 16.9. The van der Waals surface area contributed by atoms with Crippen molar-refractivity contribution in [3.05, 3.63) is 59.7 Å². The Labute approximate surface area is 227 Å². The number of ether oxygens (including phenoxy) is 1. The summed E-state index contributed by atoms with van der Waals surface area (Å²) in [6.07, 6.45) is 3.83. The Balaban J connectivity index is 1.25. The Morgan fingerprint density at radius 3 is 2.52 bits per heavy atom. The summed E-state index contributed by atoms with van der Waals surface area (Å²) in [7, 11) is 5.21. The quantitative estimate of drug-likeness (QED) is 0.480. The zero-order chi connectivity index (χ0) is 28.6. The lowest BCUT2D eigenvalue weighted by atomic mass is 10.0. The molecule has 2 aromatic heterocycles. The molecule has 1 aromatic carbocycles. The van der Waals surface area contributed by atoms with Crippen LogP contribution in [0.15, 0.2) is 41.8 Å². The largest absolute Gasteiger partial charge is 0.483 e. The third-order valence-electron chi connectivity index (χ3n) is 6.44. The molecule has 0 aliphatic carbocycles. The highest BCUT2D eigenvalue weighted by atomic mass is 19.1. The van der Waals surface area contributed by atoms with Gasteiger partial charge in [0, 0.05) is 31.8 Å². The van der Waals surface area contributed by atoms with Crippen LogP contribution in [0.25, 0.3) is 11.4 Å². The topological polar surface area (TPSA) is 108 Å². The van der Waals surface area contributed by atoms with Gasteiger partial charge in [-0.25, -0.2) is 23.0 Å². The number of amides is 3. The van der Waals surface area contributed by atoms with Crippen LogP contribution >= 0.6 is 0 Å². The summed E-state index contributed by atoms with van der Waals surface area (Å²) in [5.41, 5.74) is 1.52. The van der Waals surface area contributed by atoms with Crippen molar-refractivity contribution in [3.63, 3.8) is 0 Å². The Bertz CT molecular complexity index is 1450. The molecule has 0 bridgehead atoms. The van der Waals surface area contributed by atoms with E-state index in [9.17, 15) is 22.8 Å². The van der Waals surface area contributed by atoms with Gasteiger partial charge in [0.25, 0.3) is 0 Å². The van der Waals surface area contributed by atoms with Crippen LogP contribution in [-0.4, -0.2) is 87.6 Å². The molecular formula is C26H27F3N8O3. The number of likely N-dealkylation sites (tertiary alicyclic amines) is 1. The van der Waals surface area contributed by atoms with Gasteiger partial charge in [0.05, 0.1) is 49.5 Å². The van der Waals surface area contributed by atoms with Crippen LogP contribution in [0.2, 0.25) is 0 Å². The highest BCUT2D eigenvalue weighted by Gasteiger charge is 2.39. The van der Waals surface area contributed by atoms with E-state index < -0.39 is 35.6 Å². The monoisotopic (exact) mass is 556 g/mol. The molecule has 1 N–H and O–H groups in total. The van der Waals surface area contributed by atoms with Crippen LogP contribution in [0, 0.1) is 17.5 Å². The minimum absolute atomic E-state index is 0.0684. The van der Waals surface area contributed by atoms with Crippen LogP contribution in [0.5, 0.6) is 5.75 Å². The van der Waals surface area contributed by atoms with E-state index in [2.05, 4.69) is 20.5 Å². The molecule has 1 unspecified atom stereocenters. The maximum Gasteiger partial charge on any atom is 0.341 e. The molecule has 3 aromatic rings. The van der Waals surface area contributed by atoms with Crippen molar-refractivity contribution in [2.45, 2.75) is 18.6 Å². The summed E-state index contributed by atoms with van der Waals surface area (Å²) in [5, 5.41) is 12.2. The summed E-state index contributed by atoms with van der Waals surface area (Å²) < 4.78 is 49.4. The lowest BCUT2D eigenvalue weighted by molar-refractivity contribution is -0.116. The molecule has 0 radical (unpaired) electrons. The number of aryl methyl sites for hydroxylation is 1. The second kappa shape index (κ2) is 11.0. The van der Waals surface area contributed by atoms with Crippen LogP contribution in [0.3, 0.4) is 0 Å². The van der Waals surface area contributed by atoms with Gasteiger partial charge >= 0.3 is 6.03 Å². The van der Waals surface area contributed by atoms with Gasteiger partial charge in [-0.2, -0.15) is 10.2 Å². The summed E-state index contributed by atoms with van der Waals surface area (Å²) in [6, 6.07) is 3.45. The van der Waals surface area contributed by atoms with Crippen molar-refractivity contribution in [1.82, 2.24) is 29.6 Å². The van der Waals surface area contributed by atoms with Crippen LogP contribution < -0.4 is 10.1 Å². The highest BCUT2D eigenvalue weighted by molar-refractivity contribution is 5.95. The van der Waals surface area contributed by atoms with Crippen molar-refractivity contribution >= 4 is 23.8 Å². The first-order valence-corrected chi connectivity index (χ1v) is 12.4. The van der Waals surface area contributed by atoms with Crippen molar-refractivity contribution in [2.24, 2.45) is 12.1 Å². The van der Waals surface area contributed by atoms with Gasteiger partial charge in [0.1, 0.15) is 23.4 Å². The summed E-state index contributed by atoms with van der Waals surface area (Å²) >= 11 is 0. The van der Waals surface area contributed by atoms with E-state index in [1.807, 2.05) is 0 Å². The standard InChI is InChI=1S/C26H27F3N8O3/c1-34(2)14-24(38)33-21-11-32-35(3)25(21)20-9-23(19(29)10-30-20)40-18-12-36(13-18)26(39)37-22(4-5-31-37)15-6-16(27)8-17(28)7-15/h5-11,18,22H,4,12-14H2,1-3H3,(H,33,38). The second-order valence-electron chi connectivity index (χ2n) is 9.84. The van der Waals surface area contributed by atoms with Crippen molar-refractivity contribution < 1.29 is 27.5 Å². The van der Waals surface area contributed by atoms with Crippen molar-refractivity contribution in [1.29, 1.82) is 0 Å². The van der Waals surface area contributed by atoms with E-state index in [0.717, 1.165) is 12.3 Å². The molecule has 5 rings (SSSR count). The number of carbonyl (C=O) groups is 2. The van der Waals surface area contributed by atoms with Gasteiger partial charge in [-0.05, 0) is 31.8 Å². The number of aromatic nitrogens is 3. The number of halogens is 3. The number of hydrogen-bond donors (Lipinski definition) is 1. The number of carbonyl (C=O) groups excluding carboxylic acids is 2. The zero-order valence-electron chi connectivity index (χ0n) is 22.0. The molecular weight excluding hydrogens is 529 g/mol. The lowest BCUT2D eigenvalue weighted by Crippen LogP contribution is -2.58. The molecule has 2 aliphatic heterocycles. The zero-order valence-corrected chi connectivity index (χ0v) is 22.0. The van der Waals surface area contributed by atoms with E-state index in [0.29, 0.717) is 29.1 Å². The third kappa shape index (κ3) is 5.61. The average molecular weight is 557 g/mol. The Morgan fingerprint density at radius 2 is 1.82 bits per heavy atom. The first-order chi connectivity index (χ1) is 19.1. The number of benzene rings is 1. The molecule has 40 heavy (non-hydrogen) atoms. The molecule has 14 heteroatoms. The molecule has 3 amide bonds. The number of nitrogens with one attached hydrogen (secondary N) is 1. The molecule has 2 aliphatic rings. The predicted octanol–water partition coefficient (Wildman–Crippen LogP) is 3.02. The molecule has 11 nitrogen and oxygen atoms in total. The van der Waals surface area contributed by atoms with E-state index in [-0.39, 0.29) is 31.3 Å². The lowest BCUT2D eigenvalue weighted by Gasteiger charge is -2.41. The average Bonchev–Trinajstić information content (AvgIpc) is 3.48. The van der Waals surface area contributed by atoms with Crippen molar-refractivity contribution in [3.8, 4) is 17.1 Å². The maximum atomic E-state index is 14.6. The van der Waals surface area contributed by atoms with Crippen LogP contribution in [0.1, 0.15) is 18.0 Å². The summed E-state index contributed by atoms with van der Waals surface area (Å²) in [6.45, 7) is 0.479. The second-order valence-corrected chi connectivity index (χ2v) is 9.84. The van der Waals surface area contributed by atoms with Gasteiger partial charge in [-0.15, -0.1) is 0 Å². The van der Waals surface area contributed by atoms with Gasteiger partial charge < -0.3 is 19.9 Å². The minimum atomic E-state index is -0.736. The molecule has 4 heterocycles. The van der Waals surface area contributed by atoms with E-state index >= 15 is 0 Å². The first kappa shape index (κ1) is 27.1.